The maximum Gasteiger partial charge on any atom is 0.132 e. The molecule has 0 unspecified atom stereocenters. The molecule has 2 heterocycles. The zero-order valence-electron chi connectivity index (χ0n) is 12.6. The minimum atomic E-state index is 0.563. The van der Waals surface area contributed by atoms with E-state index in [1.54, 1.807) is 0 Å². The second-order valence-electron chi connectivity index (χ2n) is 5.97. The molecule has 1 saturated heterocycles. The van der Waals surface area contributed by atoms with Crippen molar-refractivity contribution in [1.82, 2.24) is 10.3 Å². The number of fused-ring (bicyclic) bond motifs is 1. The highest BCUT2D eigenvalue weighted by Gasteiger charge is 2.15. The summed E-state index contributed by atoms with van der Waals surface area (Å²) < 4.78 is 0. The van der Waals surface area contributed by atoms with Crippen LogP contribution in [0.5, 0.6) is 0 Å². The molecule has 0 aliphatic carbocycles. The Balaban J connectivity index is 2.03. The summed E-state index contributed by atoms with van der Waals surface area (Å²) >= 11 is 0. The Kier molecular flexibility index (Phi) is 3.62. The molecule has 0 spiro atoms. The summed E-state index contributed by atoms with van der Waals surface area (Å²) in [6.45, 7) is 10.8. The maximum absolute atomic E-state index is 4.90. The summed E-state index contributed by atoms with van der Waals surface area (Å²) in [5, 5.41) is 4.65. The molecule has 0 amide bonds. The van der Waals surface area contributed by atoms with Crippen LogP contribution >= 0.6 is 0 Å². The molecule has 2 aromatic rings. The van der Waals surface area contributed by atoms with E-state index in [0.29, 0.717) is 5.92 Å². The van der Waals surface area contributed by atoms with Crippen molar-refractivity contribution in [2.24, 2.45) is 0 Å². The minimum absolute atomic E-state index is 0.563. The molecule has 0 atom stereocenters. The third-order valence-corrected chi connectivity index (χ3v) is 4.09. The van der Waals surface area contributed by atoms with Gasteiger partial charge in [-0.2, -0.15) is 0 Å². The molecule has 1 aliphatic heterocycles. The number of benzene rings is 1. The molecule has 0 saturated carbocycles. The number of aryl methyl sites for hydroxylation is 1. The van der Waals surface area contributed by atoms with Gasteiger partial charge in [0, 0.05) is 31.6 Å². The van der Waals surface area contributed by atoms with Gasteiger partial charge >= 0.3 is 0 Å². The lowest BCUT2D eigenvalue weighted by atomic mass is 10.0. The van der Waals surface area contributed by atoms with Crippen molar-refractivity contribution >= 4 is 16.7 Å². The first-order valence-electron chi connectivity index (χ1n) is 7.52. The lowest BCUT2D eigenvalue weighted by Gasteiger charge is -2.29. The number of nitrogens with one attached hydrogen (secondary N) is 1. The van der Waals surface area contributed by atoms with E-state index in [1.807, 2.05) is 0 Å². The smallest absolute Gasteiger partial charge is 0.132 e. The fraction of sp³-hybridized carbons (Fsp3) is 0.471. The van der Waals surface area contributed by atoms with Crippen LogP contribution in [0, 0.1) is 6.92 Å². The van der Waals surface area contributed by atoms with Crippen LogP contribution in [0.2, 0.25) is 0 Å². The van der Waals surface area contributed by atoms with Crippen molar-refractivity contribution in [2.45, 2.75) is 26.7 Å². The Morgan fingerprint density at radius 2 is 1.90 bits per heavy atom. The molecular formula is C17H23N3. The van der Waals surface area contributed by atoms with Crippen LogP contribution in [0.1, 0.15) is 30.9 Å². The molecule has 1 fully saturated rings. The molecular weight excluding hydrogens is 246 g/mol. The van der Waals surface area contributed by atoms with E-state index in [0.717, 1.165) is 37.5 Å². The molecule has 3 rings (SSSR count). The van der Waals surface area contributed by atoms with Gasteiger partial charge < -0.3 is 10.2 Å². The van der Waals surface area contributed by atoms with Crippen LogP contribution in [0.15, 0.2) is 24.3 Å². The maximum atomic E-state index is 4.90. The summed E-state index contributed by atoms with van der Waals surface area (Å²) in [4.78, 5) is 7.29. The molecule has 0 bridgehead atoms. The van der Waals surface area contributed by atoms with Gasteiger partial charge in [0.15, 0.2) is 0 Å². The van der Waals surface area contributed by atoms with Crippen molar-refractivity contribution < 1.29 is 0 Å². The van der Waals surface area contributed by atoms with E-state index >= 15 is 0 Å². The molecule has 3 heteroatoms. The molecule has 0 radical (unpaired) electrons. The van der Waals surface area contributed by atoms with Crippen molar-refractivity contribution in [2.75, 3.05) is 31.1 Å². The largest absolute Gasteiger partial charge is 0.354 e. The van der Waals surface area contributed by atoms with E-state index in [2.05, 4.69) is 55.3 Å². The Morgan fingerprint density at radius 3 is 2.60 bits per heavy atom. The summed E-state index contributed by atoms with van der Waals surface area (Å²) in [6.07, 6.45) is 0. The summed E-state index contributed by atoms with van der Waals surface area (Å²) in [6, 6.07) is 8.93. The number of piperazine rings is 1. The highest BCUT2D eigenvalue weighted by atomic mass is 15.2. The number of nitrogens with zero attached hydrogens (tertiary/aromatic N) is 2. The average molecular weight is 269 g/mol. The predicted octanol–water partition coefficient (Wildman–Crippen LogP) is 3.08. The molecule has 106 valence electrons. The first-order chi connectivity index (χ1) is 9.65. The first kappa shape index (κ1) is 13.4. The Labute approximate surface area is 121 Å². The monoisotopic (exact) mass is 269 g/mol. The van der Waals surface area contributed by atoms with E-state index in [1.165, 1.54) is 16.5 Å². The van der Waals surface area contributed by atoms with Crippen LogP contribution in [-0.4, -0.2) is 31.2 Å². The standard InChI is InChI=1S/C17H23N3/c1-12(2)14-4-5-16-15(11-14)10-13(3)17(19-16)20-8-6-18-7-9-20/h4-5,10-12,18H,6-9H2,1-3H3. The zero-order chi connectivity index (χ0) is 14.1. The van der Waals surface area contributed by atoms with Crippen molar-refractivity contribution in [3.05, 3.63) is 35.4 Å². The van der Waals surface area contributed by atoms with Crippen LogP contribution < -0.4 is 10.2 Å². The highest BCUT2D eigenvalue weighted by Crippen LogP contribution is 2.26. The number of anilines is 1. The fourth-order valence-electron chi connectivity index (χ4n) is 2.85. The molecule has 1 aliphatic rings. The zero-order valence-corrected chi connectivity index (χ0v) is 12.6. The topological polar surface area (TPSA) is 28.2 Å². The Morgan fingerprint density at radius 1 is 1.15 bits per heavy atom. The van der Waals surface area contributed by atoms with Crippen molar-refractivity contribution in [3.8, 4) is 0 Å². The predicted molar refractivity (Wildman–Crippen MR) is 85.7 cm³/mol. The van der Waals surface area contributed by atoms with Gasteiger partial charge in [0.05, 0.1) is 5.52 Å². The van der Waals surface area contributed by atoms with Crippen LogP contribution in [0.3, 0.4) is 0 Å². The quantitative estimate of drug-likeness (QED) is 0.908. The fourth-order valence-corrected chi connectivity index (χ4v) is 2.85. The van der Waals surface area contributed by atoms with E-state index in [4.69, 9.17) is 4.98 Å². The minimum Gasteiger partial charge on any atom is -0.354 e. The van der Waals surface area contributed by atoms with Gasteiger partial charge in [-0.25, -0.2) is 4.98 Å². The lowest BCUT2D eigenvalue weighted by molar-refractivity contribution is 0.584. The molecule has 20 heavy (non-hydrogen) atoms. The van der Waals surface area contributed by atoms with Gasteiger partial charge in [0.25, 0.3) is 0 Å². The molecule has 1 aromatic heterocycles. The lowest BCUT2D eigenvalue weighted by Crippen LogP contribution is -2.44. The highest BCUT2D eigenvalue weighted by molar-refractivity contribution is 5.82. The SMILES string of the molecule is Cc1cc2cc(C(C)C)ccc2nc1N1CCNCC1. The van der Waals surface area contributed by atoms with Gasteiger partial charge in [-0.1, -0.05) is 19.9 Å². The summed E-state index contributed by atoms with van der Waals surface area (Å²) in [5.41, 5.74) is 3.77. The second kappa shape index (κ2) is 5.41. The number of aromatic nitrogens is 1. The number of rotatable bonds is 2. The average Bonchev–Trinajstić information content (AvgIpc) is 2.46. The number of hydrogen-bond donors (Lipinski definition) is 1. The van der Waals surface area contributed by atoms with Gasteiger partial charge in [0.1, 0.15) is 5.82 Å². The summed E-state index contributed by atoms with van der Waals surface area (Å²) in [7, 11) is 0. The van der Waals surface area contributed by atoms with E-state index < -0.39 is 0 Å². The van der Waals surface area contributed by atoms with Gasteiger partial charge in [0.2, 0.25) is 0 Å². The van der Waals surface area contributed by atoms with Gasteiger partial charge in [-0.3, -0.25) is 0 Å². The first-order valence-corrected chi connectivity index (χ1v) is 7.52. The number of hydrogen-bond acceptors (Lipinski definition) is 3. The second-order valence-corrected chi connectivity index (χ2v) is 5.97. The Hall–Kier alpha value is -1.61. The number of pyridine rings is 1. The van der Waals surface area contributed by atoms with Crippen LogP contribution in [-0.2, 0) is 0 Å². The van der Waals surface area contributed by atoms with Crippen molar-refractivity contribution in [3.63, 3.8) is 0 Å². The Bertz CT molecular complexity index is 613. The van der Waals surface area contributed by atoms with Crippen molar-refractivity contribution in [1.29, 1.82) is 0 Å². The third-order valence-electron chi connectivity index (χ3n) is 4.09. The van der Waals surface area contributed by atoms with Crippen LogP contribution in [0.25, 0.3) is 10.9 Å². The van der Waals surface area contributed by atoms with Gasteiger partial charge in [-0.15, -0.1) is 0 Å². The normalized spacial score (nSPS) is 16.1. The molecule has 3 nitrogen and oxygen atoms in total. The third kappa shape index (κ3) is 2.50. The van der Waals surface area contributed by atoms with Crippen LogP contribution in [0.4, 0.5) is 5.82 Å². The van der Waals surface area contributed by atoms with E-state index in [9.17, 15) is 0 Å². The van der Waals surface area contributed by atoms with E-state index in [-0.39, 0.29) is 0 Å². The van der Waals surface area contributed by atoms with Gasteiger partial charge in [-0.05, 0) is 42.2 Å². The molecule has 1 N–H and O–H groups in total. The summed E-state index contributed by atoms with van der Waals surface area (Å²) in [5.74, 6) is 1.71. The molecule has 1 aromatic carbocycles.